The number of carbonyl (C=O) groups excluding carboxylic acids is 13. The van der Waals surface area contributed by atoms with E-state index < -0.39 is 168 Å². The number of aliphatic hydroxyl groups excluding tert-OH is 1. The Morgan fingerprint density at radius 1 is 0.410 bits per heavy atom. The highest BCUT2D eigenvalue weighted by molar-refractivity contribution is 7.80. The van der Waals surface area contributed by atoms with Crippen molar-refractivity contribution in [1.29, 1.82) is 0 Å². The molecule has 29 N–H and O–H groups in total. The van der Waals surface area contributed by atoms with Crippen molar-refractivity contribution in [1.82, 2.24) is 63.8 Å². The summed E-state index contributed by atoms with van der Waals surface area (Å²) in [6.07, 6.45) is 0.418. The molecule has 0 saturated carbocycles. The topological polar surface area (TPSA) is 619 Å². The zero-order valence-corrected chi connectivity index (χ0v) is 58.3. The molecule has 38 heteroatoms. The number of benzene rings is 2. The Labute approximate surface area is 591 Å². The van der Waals surface area contributed by atoms with E-state index in [1.165, 1.54) is 20.8 Å². The smallest absolute Gasteiger partial charge is 0.245 e. The molecule has 0 bridgehead atoms. The molecule has 0 aliphatic rings. The summed E-state index contributed by atoms with van der Waals surface area (Å²) < 4.78 is 0. The van der Waals surface area contributed by atoms with E-state index in [9.17, 15) is 67.4 Å². The molecule has 0 radical (unpaired) electrons. The van der Waals surface area contributed by atoms with E-state index in [1.807, 2.05) is 6.07 Å². The van der Waals surface area contributed by atoms with Gasteiger partial charge in [-0.05, 0) is 116 Å². The minimum Gasteiger partial charge on any atom is -0.391 e. The highest BCUT2D eigenvalue weighted by atomic mass is 32.1. The molecule has 0 spiro atoms. The number of nitrogens with one attached hydrogen (secondary N) is 12. The second-order valence-corrected chi connectivity index (χ2v) is 24.1. The van der Waals surface area contributed by atoms with E-state index in [-0.39, 0.29) is 95.1 Å². The first kappa shape index (κ1) is 86.7. The second-order valence-electron chi connectivity index (χ2n) is 23.4. The Hall–Kier alpha value is -9.37. The lowest BCUT2D eigenvalue weighted by Gasteiger charge is -2.27. The van der Waals surface area contributed by atoms with Crippen LogP contribution in [0.15, 0.2) is 70.6 Å². The van der Waals surface area contributed by atoms with Gasteiger partial charge in [-0.15, -0.1) is 0 Å². The Balaban J connectivity index is 2.24. The van der Waals surface area contributed by atoms with Crippen molar-refractivity contribution in [2.45, 2.75) is 170 Å². The van der Waals surface area contributed by atoms with Crippen LogP contribution in [0.2, 0.25) is 0 Å². The lowest BCUT2D eigenvalue weighted by molar-refractivity contribution is -0.136. The molecule has 556 valence electrons. The summed E-state index contributed by atoms with van der Waals surface area (Å²) in [6, 6.07) is 2.32. The average molecular weight is 1440 g/mol. The molecule has 12 unspecified atom stereocenters. The third kappa shape index (κ3) is 34.4. The predicted octanol–water partition coefficient (Wildman–Crippen LogP) is -7.99. The molecule has 36 nitrogen and oxygen atoms in total. The number of carbonyl (C=O) groups is 13. The van der Waals surface area contributed by atoms with Crippen LogP contribution >= 0.6 is 25.3 Å². The Morgan fingerprint density at radius 3 is 1.20 bits per heavy atom. The maximum atomic E-state index is 14.2. The van der Waals surface area contributed by atoms with Crippen LogP contribution in [-0.2, 0) is 75.2 Å². The number of aliphatic imine (C=N–C) groups is 2. The number of hydrogen-bond acceptors (Lipinski definition) is 21. The molecule has 12 atom stereocenters. The van der Waals surface area contributed by atoms with E-state index >= 15 is 0 Å². The van der Waals surface area contributed by atoms with Crippen LogP contribution < -0.4 is 110 Å². The first-order chi connectivity index (χ1) is 47.4. The SMILES string of the molecule is CC(NC(=O)C(CS)NC(=O)C(CCCCN)NC(=O)C(CCCN=C(N)N)NC(=O)C(C)NC(=O)C(CS)NC(=O)C(NC(=O)C(Cc1ccccc1)NC(=O)CNC(=O)CNC(=O)C(N)Cc1ccccc1)C(C)O)C(=O)NC(CCCN=C(N)N)C(=O)NC(CCCCN)C(N)=O. The summed E-state index contributed by atoms with van der Waals surface area (Å²) in [4.78, 5) is 183. The number of hydrogen-bond donors (Lipinski definition) is 23. The molecule has 13 amide bonds. The number of primary amides is 1. The number of aliphatic hydroxyl groups is 1. The quantitative estimate of drug-likeness (QED) is 0.0127. The van der Waals surface area contributed by atoms with Crippen LogP contribution in [0.3, 0.4) is 0 Å². The predicted molar refractivity (Wildman–Crippen MR) is 379 cm³/mol. The maximum Gasteiger partial charge on any atom is 0.245 e. The van der Waals surface area contributed by atoms with Crippen LogP contribution in [0, 0.1) is 0 Å². The third-order valence-electron chi connectivity index (χ3n) is 15.0. The van der Waals surface area contributed by atoms with Gasteiger partial charge < -0.3 is 115 Å². The largest absolute Gasteiger partial charge is 0.391 e. The van der Waals surface area contributed by atoms with E-state index in [0.717, 1.165) is 5.56 Å². The molecule has 2 aromatic carbocycles. The molecule has 0 aromatic heterocycles. The van der Waals surface area contributed by atoms with Crippen molar-refractivity contribution < 1.29 is 67.4 Å². The zero-order valence-electron chi connectivity index (χ0n) is 56.5. The minimum atomic E-state index is -1.76. The maximum absolute atomic E-state index is 14.2. The molecule has 0 saturated heterocycles. The first-order valence-electron chi connectivity index (χ1n) is 32.6. The molecule has 0 heterocycles. The number of amides is 13. The molecule has 0 aliphatic carbocycles. The van der Waals surface area contributed by atoms with Crippen LogP contribution in [-0.4, -0.2) is 217 Å². The number of nitrogens with zero attached hydrogens (tertiary/aromatic N) is 2. The van der Waals surface area contributed by atoms with Gasteiger partial charge in [0, 0.05) is 31.0 Å². The van der Waals surface area contributed by atoms with Gasteiger partial charge in [-0.1, -0.05) is 60.7 Å². The lowest BCUT2D eigenvalue weighted by Crippen LogP contribution is -2.61. The first-order valence-corrected chi connectivity index (χ1v) is 33.8. The second kappa shape index (κ2) is 47.6. The molecular weight excluding hydrogens is 1340 g/mol. The van der Waals surface area contributed by atoms with Crippen LogP contribution in [0.5, 0.6) is 0 Å². The summed E-state index contributed by atoms with van der Waals surface area (Å²) in [6.45, 7) is 3.18. The van der Waals surface area contributed by atoms with Crippen molar-refractivity contribution in [3.05, 3.63) is 71.8 Å². The van der Waals surface area contributed by atoms with Gasteiger partial charge in [0.15, 0.2) is 11.9 Å². The highest BCUT2D eigenvalue weighted by Crippen LogP contribution is 2.11. The summed E-state index contributed by atoms with van der Waals surface area (Å²) in [7, 11) is 0. The summed E-state index contributed by atoms with van der Waals surface area (Å²) in [5, 5.41) is 40.6. The number of nitrogens with two attached hydrogens (primary N) is 8. The highest BCUT2D eigenvalue weighted by Gasteiger charge is 2.36. The van der Waals surface area contributed by atoms with Gasteiger partial charge in [0.05, 0.1) is 25.2 Å². The van der Waals surface area contributed by atoms with E-state index in [4.69, 9.17) is 45.9 Å². The van der Waals surface area contributed by atoms with Crippen LogP contribution in [0.1, 0.15) is 96.1 Å². The lowest BCUT2D eigenvalue weighted by atomic mass is 10.0. The van der Waals surface area contributed by atoms with E-state index in [0.29, 0.717) is 31.4 Å². The third-order valence-corrected chi connectivity index (χ3v) is 15.7. The van der Waals surface area contributed by atoms with E-state index in [1.54, 1.807) is 54.6 Å². The summed E-state index contributed by atoms with van der Waals surface area (Å²) >= 11 is 8.47. The van der Waals surface area contributed by atoms with E-state index in [2.05, 4.69) is 99.0 Å². The van der Waals surface area contributed by atoms with Crippen molar-refractivity contribution in [3.8, 4) is 0 Å². The Kier molecular flexibility index (Phi) is 41.3. The fraction of sp³-hybridized carbons (Fsp3) is 0.565. The van der Waals surface area contributed by atoms with Gasteiger partial charge in [-0.2, -0.15) is 25.3 Å². The molecular formula is C62H102N22O14S2. The van der Waals surface area contributed by atoms with Crippen molar-refractivity contribution >= 4 is 114 Å². The molecule has 2 aromatic rings. The fourth-order valence-corrected chi connectivity index (χ4v) is 9.88. The van der Waals surface area contributed by atoms with Crippen LogP contribution in [0.4, 0.5) is 0 Å². The standard InChI is InChI=1S/C62H102N22O14S2/c1-34(51(89)79-42(22-14-26-71-61(67)68)54(92)78-40(50(66)88)20-10-12-24-63)75-58(96)45(32-99)82-56(94)41(21-11-13-25-64)81-55(93)43(23-15-27-72-62(69)70)80-52(90)35(2)76-59(97)46(33-100)83-60(98)49(36(3)85)84-57(95)44(29-38-18-8-5-9-19-38)77-48(87)31-73-47(86)30-74-53(91)39(65)28-37-16-6-4-7-17-37/h4-9,16-19,34-36,39-46,49,85,99-100H,10-15,20-33,63-65H2,1-3H3,(H2,66,88)(H,73,86)(H,74,91)(H,75,96)(H,76,97)(H,77,87)(H,78,92)(H,79,89)(H,80,90)(H,81,93)(H,82,94)(H,83,98)(H,84,95)(H4,67,68,71)(H4,69,70,72). The molecule has 0 fully saturated rings. The normalized spacial score (nSPS) is 14.5. The molecule has 0 aliphatic heterocycles. The Bertz CT molecular complexity index is 3060. The molecule has 100 heavy (non-hydrogen) atoms. The number of rotatable bonds is 48. The van der Waals surface area contributed by atoms with Gasteiger partial charge in [-0.25, -0.2) is 0 Å². The Morgan fingerprint density at radius 2 is 0.780 bits per heavy atom. The van der Waals surface area contributed by atoms with Gasteiger partial charge in [-0.3, -0.25) is 72.3 Å². The van der Waals surface area contributed by atoms with Crippen LogP contribution in [0.25, 0.3) is 0 Å². The van der Waals surface area contributed by atoms with Crippen molar-refractivity contribution in [3.63, 3.8) is 0 Å². The number of unbranched alkanes of at least 4 members (excludes halogenated alkanes) is 2. The monoisotopic (exact) mass is 1440 g/mol. The fourth-order valence-electron chi connectivity index (χ4n) is 9.37. The number of thiol groups is 2. The van der Waals surface area contributed by atoms with Gasteiger partial charge >= 0.3 is 0 Å². The summed E-state index contributed by atoms with van der Waals surface area (Å²) in [5.74, 6) is -12.5. The van der Waals surface area contributed by atoms with Gasteiger partial charge in [0.2, 0.25) is 76.8 Å². The van der Waals surface area contributed by atoms with Gasteiger partial charge in [0.1, 0.15) is 60.4 Å². The molecule has 2 rings (SSSR count). The minimum absolute atomic E-state index is 0.0125. The van der Waals surface area contributed by atoms with Crippen molar-refractivity contribution in [2.24, 2.45) is 55.9 Å². The zero-order chi connectivity index (χ0) is 74.9. The number of guanidine groups is 2. The van der Waals surface area contributed by atoms with Crippen molar-refractivity contribution in [2.75, 3.05) is 50.8 Å². The van der Waals surface area contributed by atoms with Gasteiger partial charge in [0.25, 0.3) is 0 Å². The summed E-state index contributed by atoms with van der Waals surface area (Å²) in [5.41, 5.74) is 46.1. The average Bonchev–Trinajstić information content (AvgIpc) is 0.865.